The van der Waals surface area contributed by atoms with E-state index in [-0.39, 0.29) is 12.0 Å². The van der Waals surface area contributed by atoms with Crippen LogP contribution in [-0.2, 0) is 20.4 Å². The second kappa shape index (κ2) is 7.93. The van der Waals surface area contributed by atoms with Crippen LogP contribution >= 0.6 is 0 Å². The van der Waals surface area contributed by atoms with E-state index in [4.69, 9.17) is 23.9 Å². The Bertz CT molecular complexity index is 1170. The summed E-state index contributed by atoms with van der Waals surface area (Å²) in [6.45, 7) is 5.43. The van der Waals surface area contributed by atoms with Crippen LogP contribution < -0.4 is 4.74 Å². The van der Waals surface area contributed by atoms with Gasteiger partial charge in [0.25, 0.3) is 0 Å². The molecule has 0 spiro atoms. The summed E-state index contributed by atoms with van der Waals surface area (Å²) < 4.78 is 64.1. The van der Waals surface area contributed by atoms with Gasteiger partial charge in [-0.05, 0) is 39.0 Å². The number of hydrogen-bond donors (Lipinski definition) is 0. The van der Waals surface area contributed by atoms with Gasteiger partial charge in [-0.2, -0.15) is 13.2 Å². The number of rotatable bonds is 3. The van der Waals surface area contributed by atoms with Crippen molar-refractivity contribution in [1.82, 2.24) is 9.97 Å². The summed E-state index contributed by atoms with van der Waals surface area (Å²) in [6.07, 6.45) is -7.55. The van der Waals surface area contributed by atoms with Gasteiger partial charge in [0.05, 0.1) is 17.3 Å². The number of halogens is 3. The molecule has 2 aromatic heterocycles. The first-order chi connectivity index (χ1) is 15.6. The fourth-order valence-corrected chi connectivity index (χ4v) is 4.38. The topological polar surface area (TPSA) is 62.7 Å². The van der Waals surface area contributed by atoms with Crippen molar-refractivity contribution in [3.05, 3.63) is 66.0 Å². The zero-order valence-corrected chi connectivity index (χ0v) is 18.2. The third-order valence-electron chi connectivity index (χ3n) is 5.79. The molecular formula is C24H23F3N2O4. The van der Waals surface area contributed by atoms with E-state index in [1.807, 2.05) is 43.3 Å². The summed E-state index contributed by atoms with van der Waals surface area (Å²) in [5, 5.41) is 0.960. The summed E-state index contributed by atoms with van der Waals surface area (Å²) >= 11 is 0. The van der Waals surface area contributed by atoms with Gasteiger partial charge in [-0.15, -0.1) is 0 Å². The van der Waals surface area contributed by atoms with Crippen molar-refractivity contribution < 1.29 is 32.1 Å². The fourth-order valence-electron chi connectivity index (χ4n) is 4.38. The maximum atomic E-state index is 13.2. The number of benzene rings is 1. The number of para-hydroxylation sites is 1. The Labute approximate surface area is 188 Å². The van der Waals surface area contributed by atoms with E-state index < -0.39 is 42.1 Å². The fraction of sp³-hybridized carbons (Fsp3) is 0.417. The first-order valence-corrected chi connectivity index (χ1v) is 10.7. The van der Waals surface area contributed by atoms with Gasteiger partial charge in [0, 0.05) is 11.5 Å². The zero-order valence-electron chi connectivity index (χ0n) is 18.2. The number of alkyl halides is 3. The third-order valence-corrected chi connectivity index (χ3v) is 5.79. The van der Waals surface area contributed by atoms with E-state index in [1.165, 1.54) is 12.1 Å². The molecule has 9 heteroatoms. The van der Waals surface area contributed by atoms with E-state index in [9.17, 15) is 13.2 Å². The lowest BCUT2D eigenvalue weighted by molar-refractivity contribution is -0.178. The van der Waals surface area contributed by atoms with Crippen molar-refractivity contribution in [2.45, 2.75) is 63.3 Å². The van der Waals surface area contributed by atoms with Crippen LogP contribution in [0.4, 0.5) is 13.2 Å². The van der Waals surface area contributed by atoms with Crippen LogP contribution in [0.15, 0.2) is 54.6 Å². The third kappa shape index (κ3) is 4.28. The van der Waals surface area contributed by atoms with Crippen molar-refractivity contribution in [3.63, 3.8) is 0 Å². The molecule has 2 aliphatic heterocycles. The molecule has 2 aliphatic rings. The normalized spacial score (nSPS) is 29.1. The Morgan fingerprint density at radius 1 is 0.909 bits per heavy atom. The molecular weight excluding hydrogens is 437 g/mol. The number of fused-ring (bicyclic) bond motifs is 2. The predicted molar refractivity (Wildman–Crippen MR) is 113 cm³/mol. The summed E-state index contributed by atoms with van der Waals surface area (Å²) in [6, 6.07) is 14.9. The minimum Gasteiger partial charge on any atom is -0.468 e. The monoisotopic (exact) mass is 460 g/mol. The first kappa shape index (κ1) is 22.1. The molecule has 1 aromatic carbocycles. The summed E-state index contributed by atoms with van der Waals surface area (Å²) in [4.78, 5) is 8.40. The van der Waals surface area contributed by atoms with Crippen LogP contribution in [-0.4, -0.2) is 40.2 Å². The van der Waals surface area contributed by atoms with E-state index in [2.05, 4.69) is 4.98 Å². The van der Waals surface area contributed by atoms with Crippen LogP contribution in [0.5, 0.6) is 5.88 Å². The Morgan fingerprint density at radius 2 is 1.67 bits per heavy atom. The van der Waals surface area contributed by atoms with Crippen LogP contribution in [0.25, 0.3) is 10.9 Å². The van der Waals surface area contributed by atoms with E-state index in [0.29, 0.717) is 5.69 Å². The maximum absolute atomic E-state index is 13.2. The van der Waals surface area contributed by atoms with Gasteiger partial charge < -0.3 is 18.9 Å². The minimum atomic E-state index is -4.59. The molecule has 1 unspecified atom stereocenters. The average Bonchev–Trinajstić information content (AvgIpc) is 3.11. The quantitative estimate of drug-likeness (QED) is 0.544. The zero-order chi connectivity index (χ0) is 23.4. The smallest absolute Gasteiger partial charge is 0.433 e. The highest BCUT2D eigenvalue weighted by Gasteiger charge is 2.56. The average molecular weight is 460 g/mol. The number of ether oxygens (including phenoxy) is 4. The van der Waals surface area contributed by atoms with Crippen LogP contribution in [0.3, 0.4) is 0 Å². The van der Waals surface area contributed by atoms with Gasteiger partial charge in [0.1, 0.15) is 24.0 Å². The largest absolute Gasteiger partial charge is 0.468 e. The van der Waals surface area contributed by atoms with Gasteiger partial charge in [-0.25, -0.2) is 9.97 Å². The molecule has 0 radical (unpaired) electrons. The highest BCUT2D eigenvalue weighted by molar-refractivity contribution is 5.78. The van der Waals surface area contributed by atoms with Crippen molar-refractivity contribution in [2.24, 2.45) is 0 Å². The van der Waals surface area contributed by atoms with E-state index in [0.717, 1.165) is 17.0 Å². The molecule has 5 rings (SSSR count). The van der Waals surface area contributed by atoms with E-state index in [1.54, 1.807) is 13.8 Å². The molecule has 33 heavy (non-hydrogen) atoms. The molecule has 0 saturated carbocycles. The molecule has 174 valence electrons. The lowest BCUT2D eigenvalue weighted by Gasteiger charge is -2.40. The molecule has 6 nitrogen and oxygen atoms in total. The molecule has 3 aromatic rings. The molecule has 0 N–H and O–H groups in total. The molecule has 0 aliphatic carbocycles. The van der Waals surface area contributed by atoms with Gasteiger partial charge in [-0.3, -0.25) is 0 Å². The lowest BCUT2D eigenvalue weighted by atomic mass is 9.93. The highest BCUT2D eigenvalue weighted by Crippen LogP contribution is 2.43. The number of hydrogen-bond acceptors (Lipinski definition) is 6. The van der Waals surface area contributed by atoms with Crippen LogP contribution in [0.1, 0.15) is 38.3 Å². The summed E-state index contributed by atoms with van der Waals surface area (Å²) in [5.74, 6) is -1.08. The van der Waals surface area contributed by atoms with Crippen LogP contribution in [0.2, 0.25) is 0 Å². The second-order valence-corrected chi connectivity index (χ2v) is 8.70. The molecule has 4 heterocycles. The predicted octanol–water partition coefficient (Wildman–Crippen LogP) is 5.08. The molecule has 5 atom stereocenters. The SMILES string of the molecule is C[C@H]1OC(c2ccc3ccccc3n2)[C@H](Oc2cccc(C(F)(F)F)n2)[C@H]2OC(C)(C)O[C@H]21. The van der Waals surface area contributed by atoms with Crippen molar-refractivity contribution in [3.8, 4) is 5.88 Å². The van der Waals surface area contributed by atoms with Gasteiger partial charge in [0.2, 0.25) is 5.88 Å². The highest BCUT2D eigenvalue weighted by atomic mass is 19.4. The van der Waals surface area contributed by atoms with Crippen molar-refractivity contribution in [1.29, 1.82) is 0 Å². The molecule has 2 saturated heterocycles. The second-order valence-electron chi connectivity index (χ2n) is 8.70. The number of nitrogens with zero attached hydrogens (tertiary/aromatic N) is 2. The molecule has 2 fully saturated rings. The van der Waals surface area contributed by atoms with Gasteiger partial charge >= 0.3 is 6.18 Å². The Balaban J connectivity index is 1.55. The molecule has 0 bridgehead atoms. The standard InChI is InChI=1S/C24H23F3N2O4/c1-13-19-22(33-23(2,3)32-19)21(31-18-10-6-9-17(29-18)24(25,26)27)20(30-13)16-12-11-14-7-4-5-8-15(14)28-16/h4-13,19-22H,1-3H3/t13-,19+,20?,21+,22+/m1/s1. The summed E-state index contributed by atoms with van der Waals surface area (Å²) in [7, 11) is 0. The van der Waals surface area contributed by atoms with Crippen molar-refractivity contribution >= 4 is 10.9 Å². The Hall–Kier alpha value is -2.75. The van der Waals surface area contributed by atoms with Crippen LogP contribution in [0, 0.1) is 0 Å². The van der Waals surface area contributed by atoms with Gasteiger partial charge in [0.15, 0.2) is 11.9 Å². The maximum Gasteiger partial charge on any atom is 0.433 e. The molecule has 0 amide bonds. The lowest BCUT2D eigenvalue weighted by Crippen LogP contribution is -2.54. The summed E-state index contributed by atoms with van der Waals surface area (Å²) in [5.41, 5.74) is 0.323. The Morgan fingerprint density at radius 3 is 2.45 bits per heavy atom. The Kier molecular flexibility index (Phi) is 5.30. The van der Waals surface area contributed by atoms with Crippen molar-refractivity contribution in [2.75, 3.05) is 0 Å². The number of pyridine rings is 2. The van der Waals surface area contributed by atoms with E-state index >= 15 is 0 Å². The first-order valence-electron chi connectivity index (χ1n) is 10.7. The van der Waals surface area contributed by atoms with Gasteiger partial charge in [-0.1, -0.05) is 30.3 Å². The minimum absolute atomic E-state index is 0.175. The number of aromatic nitrogens is 2.